The Morgan fingerprint density at radius 3 is 2.14 bits per heavy atom. The maximum atomic E-state index is 12.0. The Balaban J connectivity index is 1.55. The molecule has 2 N–H and O–H groups in total. The molecule has 140 valence electrons. The van der Waals surface area contributed by atoms with Crippen LogP contribution in [-0.4, -0.2) is 16.7 Å². The van der Waals surface area contributed by atoms with E-state index in [1.807, 2.05) is 0 Å². The summed E-state index contributed by atoms with van der Waals surface area (Å²) >= 11 is 0. The molecule has 28 heavy (non-hydrogen) atoms. The van der Waals surface area contributed by atoms with Crippen LogP contribution in [0.4, 0.5) is 17.1 Å². The lowest BCUT2D eigenvalue weighted by Crippen LogP contribution is -2.11. The maximum absolute atomic E-state index is 12.0. The van der Waals surface area contributed by atoms with Crippen molar-refractivity contribution in [2.45, 2.75) is 0 Å². The number of nitrogens with zero attached hydrogens (tertiary/aromatic N) is 1. The van der Waals surface area contributed by atoms with Crippen molar-refractivity contribution in [3.63, 3.8) is 0 Å². The van der Waals surface area contributed by atoms with Gasteiger partial charge in [0.1, 0.15) is 0 Å². The van der Waals surface area contributed by atoms with Crippen molar-refractivity contribution in [1.29, 1.82) is 0 Å². The molecule has 0 fully saturated rings. The predicted molar refractivity (Wildman–Crippen MR) is 104 cm³/mol. The van der Waals surface area contributed by atoms with E-state index >= 15 is 0 Å². The first-order valence-electron chi connectivity index (χ1n) is 8.20. The molecule has 2 aromatic carbocycles. The second-order valence-corrected chi connectivity index (χ2v) is 5.68. The van der Waals surface area contributed by atoms with Gasteiger partial charge in [0.2, 0.25) is 5.91 Å². The normalized spacial score (nSPS) is 10.6. The highest BCUT2D eigenvalue weighted by molar-refractivity contribution is 6.03. The smallest absolute Gasteiger partial charge is 0.291 e. The van der Waals surface area contributed by atoms with E-state index in [2.05, 4.69) is 10.6 Å². The van der Waals surface area contributed by atoms with Crippen molar-refractivity contribution < 1.29 is 18.9 Å². The highest BCUT2D eigenvalue weighted by Gasteiger charge is 2.08. The molecule has 0 aliphatic heterocycles. The SMILES string of the molecule is O=C(/C=C/c1ccc([N+](=O)[O-])cc1)Nc1ccc(NC(=O)c2ccco2)cc1. The van der Waals surface area contributed by atoms with Gasteiger partial charge < -0.3 is 15.1 Å². The minimum atomic E-state index is -0.485. The van der Waals surface area contributed by atoms with E-state index in [9.17, 15) is 19.7 Å². The molecule has 1 heterocycles. The largest absolute Gasteiger partial charge is 0.459 e. The van der Waals surface area contributed by atoms with Crippen LogP contribution in [0.3, 0.4) is 0 Å². The molecular formula is C20H15N3O5. The van der Waals surface area contributed by atoms with Crippen molar-refractivity contribution in [2.75, 3.05) is 10.6 Å². The minimum Gasteiger partial charge on any atom is -0.459 e. The average Bonchev–Trinajstić information content (AvgIpc) is 3.23. The van der Waals surface area contributed by atoms with Gasteiger partial charge in [-0.25, -0.2) is 0 Å². The second-order valence-electron chi connectivity index (χ2n) is 5.68. The lowest BCUT2D eigenvalue weighted by Gasteiger charge is -2.06. The molecule has 0 spiro atoms. The number of nitro benzene ring substituents is 1. The van der Waals surface area contributed by atoms with Gasteiger partial charge in [-0.3, -0.25) is 19.7 Å². The predicted octanol–water partition coefficient (Wildman–Crippen LogP) is 4.09. The van der Waals surface area contributed by atoms with Crippen LogP contribution < -0.4 is 10.6 Å². The number of hydrogen-bond donors (Lipinski definition) is 2. The van der Waals surface area contributed by atoms with Gasteiger partial charge in [0.25, 0.3) is 11.6 Å². The van der Waals surface area contributed by atoms with Crippen molar-refractivity contribution in [2.24, 2.45) is 0 Å². The summed E-state index contributed by atoms with van der Waals surface area (Å²) in [6, 6.07) is 15.6. The first-order chi connectivity index (χ1) is 13.5. The zero-order valence-corrected chi connectivity index (χ0v) is 14.5. The lowest BCUT2D eigenvalue weighted by molar-refractivity contribution is -0.384. The molecule has 2 amide bonds. The van der Waals surface area contributed by atoms with Crippen LogP contribution in [0.2, 0.25) is 0 Å². The van der Waals surface area contributed by atoms with Gasteiger partial charge in [-0.15, -0.1) is 0 Å². The summed E-state index contributed by atoms with van der Waals surface area (Å²) in [5, 5.41) is 16.0. The average molecular weight is 377 g/mol. The molecule has 0 radical (unpaired) electrons. The Kier molecular flexibility index (Phi) is 5.61. The summed E-state index contributed by atoms with van der Waals surface area (Å²) < 4.78 is 5.02. The fourth-order valence-electron chi connectivity index (χ4n) is 2.30. The number of carbonyl (C=O) groups is 2. The van der Waals surface area contributed by atoms with Crippen LogP contribution in [0.5, 0.6) is 0 Å². The number of anilines is 2. The van der Waals surface area contributed by atoms with E-state index in [4.69, 9.17) is 4.42 Å². The van der Waals surface area contributed by atoms with E-state index < -0.39 is 4.92 Å². The van der Waals surface area contributed by atoms with E-state index in [1.165, 1.54) is 24.5 Å². The van der Waals surface area contributed by atoms with E-state index in [0.29, 0.717) is 16.9 Å². The number of non-ortho nitro benzene ring substituents is 1. The number of furan rings is 1. The van der Waals surface area contributed by atoms with Crippen molar-refractivity contribution >= 4 is 35.0 Å². The molecule has 1 aromatic heterocycles. The number of amides is 2. The monoisotopic (exact) mass is 377 g/mol. The third-order valence-corrected chi connectivity index (χ3v) is 3.69. The van der Waals surface area contributed by atoms with Crippen LogP contribution in [0.25, 0.3) is 6.08 Å². The number of carbonyl (C=O) groups excluding carboxylic acids is 2. The molecule has 8 heteroatoms. The number of rotatable bonds is 6. The van der Waals surface area contributed by atoms with E-state index in [1.54, 1.807) is 54.6 Å². The Morgan fingerprint density at radius 2 is 1.57 bits per heavy atom. The van der Waals surface area contributed by atoms with Crippen LogP contribution in [0, 0.1) is 10.1 Å². The molecule has 0 atom stereocenters. The summed E-state index contributed by atoms with van der Waals surface area (Å²) in [5.74, 6) is -0.521. The number of nitro groups is 1. The molecule has 0 aliphatic carbocycles. The van der Waals surface area contributed by atoms with Gasteiger partial charge in [0.05, 0.1) is 11.2 Å². The topological polar surface area (TPSA) is 114 Å². The van der Waals surface area contributed by atoms with Gasteiger partial charge in [-0.2, -0.15) is 0 Å². The van der Waals surface area contributed by atoms with Crippen LogP contribution >= 0.6 is 0 Å². The molecule has 3 aromatic rings. The Bertz CT molecular complexity index is 1010. The standard InChI is InChI=1S/C20H15N3O5/c24-19(12-5-14-3-10-17(11-4-14)23(26)27)21-15-6-8-16(9-7-15)22-20(25)18-2-1-13-28-18/h1-13H,(H,21,24)(H,22,25)/b12-5+. The Morgan fingerprint density at radius 1 is 0.929 bits per heavy atom. The Hall–Kier alpha value is -4.20. The summed E-state index contributed by atoms with van der Waals surface area (Å²) in [5.41, 5.74) is 1.76. The van der Waals surface area contributed by atoms with Crippen LogP contribution in [0.1, 0.15) is 16.1 Å². The van der Waals surface area contributed by atoms with Crippen LogP contribution in [0.15, 0.2) is 77.4 Å². The molecule has 0 saturated carbocycles. The first-order valence-corrected chi connectivity index (χ1v) is 8.20. The zero-order chi connectivity index (χ0) is 19.9. The fourth-order valence-corrected chi connectivity index (χ4v) is 2.30. The highest BCUT2D eigenvalue weighted by Crippen LogP contribution is 2.16. The number of benzene rings is 2. The minimum absolute atomic E-state index is 0.0131. The third kappa shape index (κ3) is 4.92. The number of nitrogens with one attached hydrogen (secondary N) is 2. The quantitative estimate of drug-likeness (QED) is 0.381. The number of hydrogen-bond acceptors (Lipinski definition) is 5. The lowest BCUT2D eigenvalue weighted by atomic mass is 10.2. The molecule has 0 aliphatic rings. The second kappa shape index (κ2) is 8.45. The molecular weight excluding hydrogens is 362 g/mol. The van der Waals surface area contributed by atoms with Gasteiger partial charge >= 0.3 is 0 Å². The van der Waals surface area contributed by atoms with Crippen LogP contribution in [-0.2, 0) is 4.79 Å². The third-order valence-electron chi connectivity index (χ3n) is 3.69. The molecule has 0 saturated heterocycles. The van der Waals surface area contributed by atoms with Crippen molar-refractivity contribution in [1.82, 2.24) is 0 Å². The highest BCUT2D eigenvalue weighted by atomic mass is 16.6. The van der Waals surface area contributed by atoms with Gasteiger partial charge in [0, 0.05) is 29.6 Å². The summed E-state index contributed by atoms with van der Waals surface area (Å²) in [7, 11) is 0. The molecule has 3 rings (SSSR count). The summed E-state index contributed by atoms with van der Waals surface area (Å²) in [4.78, 5) is 34.0. The first kappa shape index (κ1) is 18.6. The summed E-state index contributed by atoms with van der Waals surface area (Å²) in [6.07, 6.45) is 4.29. The van der Waals surface area contributed by atoms with Crippen molar-refractivity contribution in [3.8, 4) is 0 Å². The van der Waals surface area contributed by atoms with Gasteiger partial charge in [-0.05, 0) is 60.2 Å². The fraction of sp³-hybridized carbons (Fsp3) is 0. The Labute approximate surface area is 159 Å². The summed E-state index contributed by atoms with van der Waals surface area (Å²) in [6.45, 7) is 0. The molecule has 0 bridgehead atoms. The van der Waals surface area contributed by atoms with Gasteiger partial charge in [0.15, 0.2) is 5.76 Å². The van der Waals surface area contributed by atoms with E-state index in [-0.39, 0.29) is 23.3 Å². The molecule has 0 unspecified atom stereocenters. The zero-order valence-electron chi connectivity index (χ0n) is 14.5. The van der Waals surface area contributed by atoms with Crippen molar-refractivity contribution in [3.05, 3.63) is 94.4 Å². The maximum Gasteiger partial charge on any atom is 0.291 e. The van der Waals surface area contributed by atoms with E-state index in [0.717, 1.165) is 0 Å². The van der Waals surface area contributed by atoms with Gasteiger partial charge in [-0.1, -0.05) is 0 Å². The molecule has 8 nitrogen and oxygen atoms in total.